The summed E-state index contributed by atoms with van der Waals surface area (Å²) >= 11 is 0. The maximum Gasteiger partial charge on any atom is 1.00 e. The van der Waals surface area contributed by atoms with Gasteiger partial charge in [-0.25, -0.2) is 4.98 Å². The molecule has 0 radical (unpaired) electrons. The highest BCUT2D eigenvalue weighted by Gasteiger charge is 2.12. The van der Waals surface area contributed by atoms with Crippen molar-refractivity contribution in [3.63, 3.8) is 0 Å². The molecule has 0 saturated carbocycles. The summed E-state index contributed by atoms with van der Waals surface area (Å²) in [6.45, 7) is 0. The van der Waals surface area contributed by atoms with Crippen molar-refractivity contribution < 1.29 is 6.35 Å². The lowest BCUT2D eigenvalue weighted by Gasteiger charge is -2.00. The van der Waals surface area contributed by atoms with E-state index in [2.05, 4.69) is 4.98 Å². The first-order valence-corrected chi connectivity index (χ1v) is 5.40. The van der Waals surface area contributed by atoms with E-state index in [-0.39, 0.29) is 12.6 Å². The van der Waals surface area contributed by atoms with Gasteiger partial charge in [0.15, 0.2) is 0 Å². The van der Waals surface area contributed by atoms with E-state index < -0.39 is 4.92 Å². The number of nitrogens with zero attached hydrogens (tertiary/aromatic N) is 2. The molecule has 5 nitrogen and oxygen atoms in total. The van der Waals surface area contributed by atoms with E-state index in [9.17, 15) is 10.1 Å². The molecule has 1 N–H and O–H groups in total. The van der Waals surface area contributed by atoms with Crippen molar-refractivity contribution in [3.05, 3.63) is 75.4 Å². The van der Waals surface area contributed by atoms with Gasteiger partial charge in [0, 0.05) is 23.7 Å². The van der Waals surface area contributed by atoms with E-state index >= 15 is 0 Å². The van der Waals surface area contributed by atoms with Crippen LogP contribution in [-0.4, -0.2) is 9.91 Å². The Morgan fingerprint density at radius 3 is 2.61 bits per heavy atom. The minimum atomic E-state index is -0.403. The Morgan fingerprint density at radius 2 is 1.83 bits per heavy atom. The molecule has 0 aliphatic heterocycles. The molecule has 0 fully saturated rings. The third kappa shape index (κ3) is 2.76. The van der Waals surface area contributed by atoms with Gasteiger partial charge in [-0.15, -0.1) is 0 Å². The lowest BCUT2D eigenvalue weighted by molar-refractivity contribution is -0.385. The van der Waals surface area contributed by atoms with Gasteiger partial charge >= 0.3 is 1.43 Å². The van der Waals surface area contributed by atoms with Gasteiger partial charge in [-0.1, -0.05) is 30.3 Å². The number of para-hydroxylation sites is 1. The summed E-state index contributed by atoms with van der Waals surface area (Å²) in [4.78, 5) is 14.6. The van der Waals surface area contributed by atoms with Crippen LogP contribution in [0.1, 0.15) is 12.7 Å². The highest BCUT2D eigenvalue weighted by molar-refractivity contribution is 5.41. The summed E-state index contributed by atoms with van der Waals surface area (Å²) < 4.78 is 0. The van der Waals surface area contributed by atoms with Crippen molar-refractivity contribution in [2.45, 2.75) is 6.42 Å². The molecular formula is C13H12N3O2+. The fourth-order valence-electron chi connectivity index (χ4n) is 1.67. The quantitative estimate of drug-likeness (QED) is 0.661. The fraction of sp³-hybridized carbons (Fsp3) is 0.0769. The standard InChI is InChI=1S/C13H11N3O2/c14-13-8-4-2-6-11(15-13)9-10-5-1-3-7-12(10)16(17)18/h1-8,14H,9H2/p+1. The van der Waals surface area contributed by atoms with Gasteiger partial charge < -0.3 is 0 Å². The lowest BCUT2D eigenvalue weighted by Crippen LogP contribution is -2.04. The second kappa shape index (κ2) is 5.18. The lowest BCUT2D eigenvalue weighted by atomic mass is 10.1. The molecular weight excluding hydrogens is 230 g/mol. The maximum atomic E-state index is 10.9. The minimum Gasteiger partial charge on any atom is -0.283 e. The molecule has 0 aliphatic rings. The van der Waals surface area contributed by atoms with Crippen LogP contribution >= 0.6 is 0 Å². The molecule has 0 unspecified atom stereocenters. The summed E-state index contributed by atoms with van der Waals surface area (Å²) in [6.07, 6.45) is 0.345. The zero-order valence-electron chi connectivity index (χ0n) is 10.5. The van der Waals surface area contributed by atoms with Crippen molar-refractivity contribution in [2.24, 2.45) is 0 Å². The van der Waals surface area contributed by atoms with Crippen LogP contribution in [-0.2, 0) is 6.42 Å². The molecule has 0 atom stereocenters. The van der Waals surface area contributed by atoms with Crippen molar-refractivity contribution in [1.82, 2.24) is 4.98 Å². The largest absolute Gasteiger partial charge is 1.00 e. The SMILES string of the molecule is N=c1ccccc(Cc2ccccc2[N+](=O)[O-])n1.[H+]. The smallest absolute Gasteiger partial charge is 0.283 e. The Kier molecular flexibility index (Phi) is 3.43. The third-order valence-electron chi connectivity index (χ3n) is 2.48. The van der Waals surface area contributed by atoms with Gasteiger partial charge in [-0.2, -0.15) is 0 Å². The number of hydrogen-bond donors (Lipinski definition) is 1. The molecule has 1 aromatic heterocycles. The molecule has 0 bridgehead atoms. The average molecular weight is 242 g/mol. The number of aromatic nitrogens is 1. The molecule has 1 aromatic carbocycles. The fourth-order valence-corrected chi connectivity index (χ4v) is 1.67. The molecule has 2 rings (SSSR count). The van der Waals surface area contributed by atoms with Crippen molar-refractivity contribution >= 4 is 5.69 Å². The Hall–Kier alpha value is -2.56. The van der Waals surface area contributed by atoms with Gasteiger partial charge in [-0.3, -0.25) is 15.5 Å². The Morgan fingerprint density at radius 1 is 1.17 bits per heavy atom. The first kappa shape index (κ1) is 11.9. The molecule has 2 aromatic rings. The monoisotopic (exact) mass is 242 g/mol. The first-order chi connectivity index (χ1) is 8.66. The number of rotatable bonds is 3. The van der Waals surface area contributed by atoms with Gasteiger partial charge in [0.1, 0.15) is 5.49 Å². The van der Waals surface area contributed by atoms with Crippen molar-refractivity contribution in [3.8, 4) is 0 Å². The van der Waals surface area contributed by atoms with Crippen LogP contribution in [0.15, 0.2) is 48.5 Å². The Balaban J connectivity index is 0.00000180. The van der Waals surface area contributed by atoms with Crippen LogP contribution in [0.4, 0.5) is 5.69 Å². The molecule has 5 heteroatoms. The van der Waals surface area contributed by atoms with E-state index in [1.165, 1.54) is 6.07 Å². The van der Waals surface area contributed by atoms with Crippen LogP contribution in [0.5, 0.6) is 0 Å². The number of nitro groups is 1. The van der Waals surface area contributed by atoms with Crippen LogP contribution < -0.4 is 5.49 Å². The van der Waals surface area contributed by atoms with E-state index in [0.717, 1.165) is 0 Å². The van der Waals surface area contributed by atoms with Crippen molar-refractivity contribution in [2.75, 3.05) is 0 Å². The summed E-state index contributed by atoms with van der Waals surface area (Å²) in [5.74, 6) is 0. The van der Waals surface area contributed by atoms with E-state index in [1.807, 2.05) is 0 Å². The second-order valence-electron chi connectivity index (χ2n) is 3.77. The Bertz CT molecular complexity index is 647. The predicted octanol–water partition coefficient (Wildman–Crippen LogP) is 2.17. The maximum absolute atomic E-state index is 10.9. The molecule has 1 heterocycles. The Labute approximate surface area is 105 Å². The van der Waals surface area contributed by atoms with Crippen LogP contribution in [0.2, 0.25) is 0 Å². The van der Waals surface area contributed by atoms with Gasteiger partial charge in [0.05, 0.1) is 4.92 Å². The third-order valence-corrected chi connectivity index (χ3v) is 2.48. The molecule has 18 heavy (non-hydrogen) atoms. The highest BCUT2D eigenvalue weighted by atomic mass is 16.6. The van der Waals surface area contributed by atoms with Gasteiger partial charge in [-0.05, 0) is 12.1 Å². The summed E-state index contributed by atoms with van der Waals surface area (Å²) in [5.41, 5.74) is 1.46. The van der Waals surface area contributed by atoms with Gasteiger partial charge in [0.25, 0.3) is 5.69 Å². The average Bonchev–Trinajstić information content (AvgIpc) is 2.54. The molecule has 0 aliphatic carbocycles. The zero-order chi connectivity index (χ0) is 13.0. The van der Waals surface area contributed by atoms with Crippen LogP contribution in [0.25, 0.3) is 0 Å². The van der Waals surface area contributed by atoms with Crippen molar-refractivity contribution in [1.29, 1.82) is 5.41 Å². The topological polar surface area (TPSA) is 79.9 Å². The second-order valence-corrected chi connectivity index (χ2v) is 3.77. The number of nitrogens with one attached hydrogen (secondary N) is 1. The molecule has 0 saturated heterocycles. The van der Waals surface area contributed by atoms with E-state index in [4.69, 9.17) is 5.41 Å². The number of benzene rings is 1. The minimum absolute atomic E-state index is 0. The molecule has 90 valence electrons. The summed E-state index contributed by atoms with van der Waals surface area (Å²) in [7, 11) is 0. The predicted molar refractivity (Wildman–Crippen MR) is 67.1 cm³/mol. The van der Waals surface area contributed by atoms with Gasteiger partial charge in [0.2, 0.25) is 0 Å². The highest BCUT2D eigenvalue weighted by Crippen LogP contribution is 2.19. The van der Waals surface area contributed by atoms with Crippen LogP contribution in [0, 0.1) is 15.5 Å². The molecule has 0 amide bonds. The first-order valence-electron chi connectivity index (χ1n) is 5.40. The normalized spacial score (nSPS) is 10.0. The van der Waals surface area contributed by atoms with Crippen LogP contribution in [0.3, 0.4) is 0 Å². The summed E-state index contributed by atoms with van der Waals surface area (Å²) in [5, 5.41) is 18.4. The number of nitro benzene ring substituents is 1. The van der Waals surface area contributed by atoms with E-state index in [1.54, 1.807) is 42.5 Å². The number of hydrogen-bond acceptors (Lipinski definition) is 4. The van der Waals surface area contributed by atoms with E-state index in [0.29, 0.717) is 17.7 Å². The summed E-state index contributed by atoms with van der Waals surface area (Å²) in [6, 6.07) is 13.4. The molecule has 0 spiro atoms. The zero-order valence-corrected chi connectivity index (χ0v) is 9.54.